The number of nitrogens with zero attached hydrogens (tertiary/aromatic N) is 2. The molecular weight excluding hydrogens is 280 g/mol. The van der Waals surface area contributed by atoms with Gasteiger partial charge in [-0.3, -0.25) is 14.9 Å². The summed E-state index contributed by atoms with van der Waals surface area (Å²) in [5.74, 6) is -0.696. The summed E-state index contributed by atoms with van der Waals surface area (Å²) in [4.78, 5) is 26.6. The van der Waals surface area contributed by atoms with Crippen LogP contribution in [0.15, 0.2) is 23.7 Å². The number of rotatable bonds is 5. The molecule has 0 spiro atoms. The Bertz CT molecular complexity index is 668. The first-order chi connectivity index (χ1) is 9.49. The first-order valence-corrected chi connectivity index (χ1v) is 6.58. The third kappa shape index (κ3) is 2.91. The van der Waals surface area contributed by atoms with Crippen LogP contribution in [0.2, 0.25) is 0 Å². The highest BCUT2D eigenvalue weighted by molar-refractivity contribution is 7.09. The first kappa shape index (κ1) is 13.9. The van der Waals surface area contributed by atoms with E-state index < -0.39 is 10.8 Å². The van der Waals surface area contributed by atoms with E-state index in [0.717, 1.165) is 10.6 Å². The van der Waals surface area contributed by atoms with Crippen LogP contribution in [0, 0.1) is 17.0 Å². The summed E-state index contributed by atoms with van der Waals surface area (Å²) in [6.45, 7) is 2.31. The average Bonchev–Trinajstić information content (AvgIpc) is 2.81. The number of nitro benzene ring substituents is 1. The van der Waals surface area contributed by atoms with Gasteiger partial charge in [0, 0.05) is 16.5 Å². The highest BCUT2D eigenvalue weighted by Gasteiger charge is 2.16. The molecule has 3 N–H and O–H groups in total. The van der Waals surface area contributed by atoms with Gasteiger partial charge < -0.3 is 11.1 Å². The Hall–Kier alpha value is -2.48. The number of carbonyl (C=O) groups excluding carboxylic acids is 1. The number of nitrogens with two attached hydrogens (primary N) is 1. The van der Waals surface area contributed by atoms with Crippen molar-refractivity contribution in [1.29, 1.82) is 0 Å². The molecule has 0 atom stereocenters. The number of aromatic nitrogens is 1. The zero-order valence-corrected chi connectivity index (χ0v) is 11.4. The molecule has 0 aliphatic carbocycles. The van der Waals surface area contributed by atoms with Crippen molar-refractivity contribution in [2.75, 3.05) is 5.32 Å². The molecule has 20 heavy (non-hydrogen) atoms. The maximum absolute atomic E-state index is 11.0. The number of aryl methyl sites for hydroxylation is 1. The summed E-state index contributed by atoms with van der Waals surface area (Å²) in [5.41, 5.74) is 7.99. The summed E-state index contributed by atoms with van der Waals surface area (Å²) < 4.78 is 0. The molecule has 104 valence electrons. The lowest BCUT2D eigenvalue weighted by molar-refractivity contribution is -0.384. The molecule has 7 nitrogen and oxygen atoms in total. The van der Waals surface area contributed by atoms with Crippen LogP contribution in [0.5, 0.6) is 0 Å². The smallest absolute Gasteiger partial charge is 0.293 e. The van der Waals surface area contributed by atoms with Gasteiger partial charge in [-0.1, -0.05) is 0 Å². The van der Waals surface area contributed by atoms with Gasteiger partial charge in [-0.15, -0.1) is 11.3 Å². The largest absolute Gasteiger partial charge is 0.375 e. The molecule has 2 aromatic rings. The molecule has 1 aromatic carbocycles. The fourth-order valence-corrected chi connectivity index (χ4v) is 2.37. The molecule has 0 aliphatic heterocycles. The van der Waals surface area contributed by atoms with Gasteiger partial charge in [-0.2, -0.15) is 0 Å². The third-order valence-electron chi connectivity index (χ3n) is 2.76. The topological polar surface area (TPSA) is 111 Å². The predicted octanol–water partition coefficient (Wildman–Crippen LogP) is 2.07. The van der Waals surface area contributed by atoms with Crippen molar-refractivity contribution in [2.24, 2.45) is 5.73 Å². The highest BCUT2D eigenvalue weighted by Crippen LogP contribution is 2.26. The lowest BCUT2D eigenvalue weighted by atomic mass is 10.1. The Morgan fingerprint density at radius 1 is 1.55 bits per heavy atom. The number of amides is 1. The van der Waals surface area contributed by atoms with Crippen LogP contribution in [0.1, 0.15) is 20.9 Å². The van der Waals surface area contributed by atoms with Crippen molar-refractivity contribution < 1.29 is 9.72 Å². The van der Waals surface area contributed by atoms with E-state index >= 15 is 0 Å². The van der Waals surface area contributed by atoms with Crippen molar-refractivity contribution in [3.63, 3.8) is 0 Å². The van der Waals surface area contributed by atoms with Crippen LogP contribution in [0.25, 0.3) is 0 Å². The number of primary amides is 1. The van der Waals surface area contributed by atoms with Gasteiger partial charge in [0.05, 0.1) is 22.7 Å². The fourth-order valence-electron chi connectivity index (χ4n) is 1.66. The molecule has 0 fully saturated rings. The molecule has 1 amide bonds. The minimum Gasteiger partial charge on any atom is -0.375 e. The summed E-state index contributed by atoms with van der Waals surface area (Å²) in [7, 11) is 0. The summed E-state index contributed by atoms with van der Waals surface area (Å²) in [5, 5.41) is 14.0. The van der Waals surface area contributed by atoms with Crippen molar-refractivity contribution >= 4 is 28.6 Å². The Morgan fingerprint density at radius 3 is 2.85 bits per heavy atom. The van der Waals surface area contributed by atoms with Gasteiger partial charge in [-0.25, -0.2) is 4.98 Å². The summed E-state index contributed by atoms with van der Waals surface area (Å²) >= 11 is 1.47. The number of thiazole rings is 1. The van der Waals surface area contributed by atoms with E-state index in [9.17, 15) is 14.9 Å². The number of hydrogen-bond acceptors (Lipinski definition) is 6. The van der Waals surface area contributed by atoms with Gasteiger partial charge in [0.25, 0.3) is 5.69 Å². The van der Waals surface area contributed by atoms with Crippen molar-refractivity contribution in [2.45, 2.75) is 13.5 Å². The lowest BCUT2D eigenvalue weighted by Crippen LogP contribution is -2.12. The molecule has 0 saturated heterocycles. The van der Waals surface area contributed by atoms with E-state index in [1.165, 1.54) is 29.5 Å². The first-order valence-electron chi connectivity index (χ1n) is 5.70. The number of benzene rings is 1. The van der Waals surface area contributed by atoms with Gasteiger partial charge in [0.1, 0.15) is 5.69 Å². The van der Waals surface area contributed by atoms with Crippen LogP contribution in [-0.4, -0.2) is 15.8 Å². The Kier molecular flexibility index (Phi) is 3.94. The molecule has 2 rings (SSSR count). The second-order valence-corrected chi connectivity index (χ2v) is 5.01. The number of carbonyl (C=O) groups is 1. The molecule has 0 saturated carbocycles. The van der Waals surface area contributed by atoms with Gasteiger partial charge in [-0.05, 0) is 19.1 Å². The van der Waals surface area contributed by atoms with E-state index in [2.05, 4.69) is 10.3 Å². The fraction of sp³-hybridized carbons (Fsp3) is 0.167. The molecular formula is C12H12N4O3S. The lowest BCUT2D eigenvalue weighted by Gasteiger charge is -2.07. The second kappa shape index (κ2) is 5.66. The van der Waals surface area contributed by atoms with E-state index in [4.69, 9.17) is 5.73 Å². The predicted molar refractivity (Wildman–Crippen MR) is 75.8 cm³/mol. The minimum absolute atomic E-state index is 0.108. The number of nitro groups is 1. The highest BCUT2D eigenvalue weighted by atomic mass is 32.1. The van der Waals surface area contributed by atoms with Crippen LogP contribution < -0.4 is 11.1 Å². The zero-order chi connectivity index (χ0) is 14.7. The molecule has 0 unspecified atom stereocenters. The third-order valence-corrected chi connectivity index (χ3v) is 3.70. The van der Waals surface area contributed by atoms with E-state index in [0.29, 0.717) is 12.2 Å². The normalized spacial score (nSPS) is 10.2. The van der Waals surface area contributed by atoms with E-state index in [1.54, 1.807) is 5.51 Å². The maximum Gasteiger partial charge on any atom is 0.293 e. The van der Waals surface area contributed by atoms with Crippen LogP contribution in [0.3, 0.4) is 0 Å². The van der Waals surface area contributed by atoms with Gasteiger partial charge >= 0.3 is 0 Å². The Morgan fingerprint density at radius 2 is 2.30 bits per heavy atom. The van der Waals surface area contributed by atoms with Crippen molar-refractivity contribution in [3.05, 3.63) is 50.0 Å². The molecule has 0 bridgehead atoms. The van der Waals surface area contributed by atoms with Crippen LogP contribution in [0.4, 0.5) is 11.4 Å². The van der Waals surface area contributed by atoms with Crippen LogP contribution in [-0.2, 0) is 6.54 Å². The Balaban J connectivity index is 2.25. The van der Waals surface area contributed by atoms with Crippen molar-refractivity contribution in [1.82, 2.24) is 4.98 Å². The minimum atomic E-state index is -0.696. The molecule has 1 aromatic heterocycles. The monoisotopic (exact) mass is 292 g/mol. The van der Waals surface area contributed by atoms with Gasteiger partial charge in [0.15, 0.2) is 0 Å². The zero-order valence-electron chi connectivity index (χ0n) is 10.6. The van der Waals surface area contributed by atoms with Gasteiger partial charge in [0.2, 0.25) is 5.91 Å². The average molecular weight is 292 g/mol. The summed E-state index contributed by atoms with van der Waals surface area (Å²) in [6, 6.07) is 4.11. The van der Waals surface area contributed by atoms with Crippen LogP contribution >= 0.6 is 11.3 Å². The van der Waals surface area contributed by atoms with E-state index in [1.807, 2.05) is 6.92 Å². The molecule has 1 heterocycles. The summed E-state index contributed by atoms with van der Waals surface area (Å²) in [6.07, 6.45) is 0. The quantitative estimate of drug-likeness (QED) is 0.647. The van der Waals surface area contributed by atoms with E-state index in [-0.39, 0.29) is 11.3 Å². The molecule has 0 radical (unpaired) electrons. The van der Waals surface area contributed by atoms with Crippen molar-refractivity contribution in [3.8, 4) is 0 Å². The molecule has 0 aliphatic rings. The SMILES string of the molecule is Cc1ncsc1CNc1ccc(C(N)=O)cc1[N+](=O)[O-]. The number of hydrogen-bond donors (Lipinski definition) is 2. The standard InChI is InChI=1S/C12H12N4O3S/c1-7-11(20-6-15-7)5-14-9-3-2-8(12(13)17)4-10(9)16(18)19/h2-4,6,14H,5H2,1H3,(H2,13,17). The number of anilines is 1. The number of nitrogens with one attached hydrogen (secondary N) is 1. The second-order valence-electron chi connectivity index (χ2n) is 4.07. The Labute approximate surface area is 118 Å². The molecule has 8 heteroatoms. The maximum atomic E-state index is 11.0.